The number of nitrogens with zero attached hydrogens (tertiary/aromatic N) is 2. The third-order valence-corrected chi connectivity index (χ3v) is 3.30. The van der Waals surface area contributed by atoms with Gasteiger partial charge in [0.1, 0.15) is 0 Å². The summed E-state index contributed by atoms with van der Waals surface area (Å²) >= 11 is 7.36. The first-order valence-corrected chi connectivity index (χ1v) is 6.28. The van der Waals surface area contributed by atoms with E-state index in [9.17, 15) is 4.79 Å². The molecule has 6 heteroatoms. The third kappa shape index (κ3) is 2.81. The zero-order valence-electron chi connectivity index (χ0n) is 9.11. The molecule has 1 aromatic carbocycles. The molecular formula is C11H10ClN3OS. The van der Waals surface area contributed by atoms with Gasteiger partial charge >= 0.3 is 0 Å². The number of carbonyl (C=O) groups is 1. The van der Waals surface area contributed by atoms with Gasteiger partial charge in [0, 0.05) is 12.0 Å². The number of anilines is 1. The van der Waals surface area contributed by atoms with Gasteiger partial charge in [0.2, 0.25) is 11.0 Å². The van der Waals surface area contributed by atoms with Gasteiger partial charge in [-0.25, -0.2) is 0 Å². The number of carbonyl (C=O) groups excluding carboxylic acids is 1. The molecule has 1 aromatic heterocycles. The van der Waals surface area contributed by atoms with Gasteiger partial charge in [0.25, 0.3) is 0 Å². The highest BCUT2D eigenvalue weighted by Gasteiger charge is 2.10. The second kappa shape index (κ2) is 5.25. The summed E-state index contributed by atoms with van der Waals surface area (Å²) in [4.78, 5) is 11.2. The van der Waals surface area contributed by atoms with Crippen molar-refractivity contribution in [3.8, 4) is 10.6 Å². The van der Waals surface area contributed by atoms with Crippen molar-refractivity contribution in [1.29, 1.82) is 0 Å². The van der Waals surface area contributed by atoms with Gasteiger partial charge in [-0.1, -0.05) is 48.1 Å². The van der Waals surface area contributed by atoms with E-state index in [4.69, 9.17) is 11.6 Å². The van der Waals surface area contributed by atoms with Crippen LogP contribution in [0.25, 0.3) is 10.6 Å². The maximum atomic E-state index is 11.2. The van der Waals surface area contributed by atoms with Crippen molar-refractivity contribution in [1.82, 2.24) is 10.2 Å². The average Bonchev–Trinajstić information content (AvgIpc) is 2.78. The molecule has 4 nitrogen and oxygen atoms in total. The van der Waals surface area contributed by atoms with Crippen molar-refractivity contribution in [2.75, 3.05) is 5.32 Å². The first kappa shape index (κ1) is 12.0. The number of benzene rings is 1. The lowest BCUT2D eigenvalue weighted by molar-refractivity contribution is -0.115. The fraction of sp³-hybridized carbons (Fsp3) is 0.182. The van der Waals surface area contributed by atoms with Crippen molar-refractivity contribution < 1.29 is 4.79 Å². The second-order valence-electron chi connectivity index (χ2n) is 3.29. The van der Waals surface area contributed by atoms with E-state index in [0.717, 1.165) is 5.56 Å². The predicted octanol–water partition coefficient (Wildman–Crippen LogP) is 3.21. The van der Waals surface area contributed by atoms with Crippen LogP contribution in [0.5, 0.6) is 0 Å². The number of amides is 1. The molecule has 1 amide bonds. The van der Waals surface area contributed by atoms with Crippen molar-refractivity contribution in [3.05, 3.63) is 29.3 Å². The third-order valence-electron chi connectivity index (χ3n) is 2.10. The predicted molar refractivity (Wildman–Crippen MR) is 69.3 cm³/mol. The topological polar surface area (TPSA) is 54.9 Å². The molecule has 0 saturated heterocycles. The smallest absolute Gasteiger partial charge is 0.225 e. The van der Waals surface area contributed by atoms with E-state index in [0.29, 0.717) is 21.6 Å². The van der Waals surface area contributed by atoms with Crippen LogP contribution in [0.3, 0.4) is 0 Å². The highest BCUT2D eigenvalue weighted by molar-refractivity contribution is 7.18. The summed E-state index contributed by atoms with van der Waals surface area (Å²) in [6, 6.07) is 7.40. The van der Waals surface area contributed by atoms with E-state index in [1.807, 2.05) is 18.2 Å². The van der Waals surface area contributed by atoms with E-state index in [-0.39, 0.29) is 5.91 Å². The summed E-state index contributed by atoms with van der Waals surface area (Å²) in [7, 11) is 0. The lowest BCUT2D eigenvalue weighted by Crippen LogP contribution is -2.08. The molecule has 0 aliphatic carbocycles. The molecule has 0 saturated carbocycles. The summed E-state index contributed by atoms with van der Waals surface area (Å²) in [5, 5.41) is 12.4. The van der Waals surface area contributed by atoms with Gasteiger partial charge in [-0.2, -0.15) is 0 Å². The average molecular weight is 268 g/mol. The number of rotatable bonds is 3. The molecule has 0 aliphatic rings. The van der Waals surface area contributed by atoms with Crippen LogP contribution < -0.4 is 5.32 Å². The van der Waals surface area contributed by atoms with Crippen molar-refractivity contribution in [2.24, 2.45) is 0 Å². The normalized spacial score (nSPS) is 10.2. The molecule has 17 heavy (non-hydrogen) atoms. The van der Waals surface area contributed by atoms with E-state index in [2.05, 4.69) is 15.5 Å². The number of aromatic nitrogens is 2. The summed E-state index contributed by atoms with van der Waals surface area (Å²) < 4.78 is 0. The molecule has 0 radical (unpaired) electrons. The zero-order valence-corrected chi connectivity index (χ0v) is 10.7. The summed E-state index contributed by atoms with van der Waals surface area (Å²) in [6.07, 6.45) is 0.418. The van der Waals surface area contributed by atoms with Crippen LogP contribution in [0.4, 0.5) is 5.13 Å². The molecule has 1 N–H and O–H groups in total. The Morgan fingerprint density at radius 3 is 2.88 bits per heavy atom. The summed E-state index contributed by atoms with van der Waals surface area (Å²) in [5.74, 6) is -0.0770. The minimum atomic E-state index is -0.0770. The molecule has 0 aliphatic heterocycles. The van der Waals surface area contributed by atoms with E-state index < -0.39 is 0 Å². The highest BCUT2D eigenvalue weighted by atomic mass is 35.5. The zero-order chi connectivity index (χ0) is 12.3. The molecule has 2 rings (SSSR count). The summed E-state index contributed by atoms with van der Waals surface area (Å²) in [5.41, 5.74) is 0.823. The Hall–Kier alpha value is -1.46. The lowest BCUT2D eigenvalue weighted by atomic mass is 10.2. The van der Waals surface area contributed by atoms with Crippen LogP contribution in [-0.4, -0.2) is 16.1 Å². The van der Waals surface area contributed by atoms with E-state index in [1.54, 1.807) is 13.0 Å². The molecule has 0 bridgehead atoms. The molecule has 0 unspecified atom stereocenters. The summed E-state index contributed by atoms with van der Waals surface area (Å²) in [6.45, 7) is 1.78. The number of hydrogen-bond acceptors (Lipinski definition) is 4. The van der Waals surface area contributed by atoms with Crippen LogP contribution in [0, 0.1) is 0 Å². The van der Waals surface area contributed by atoms with Crippen LogP contribution in [0.2, 0.25) is 5.02 Å². The monoisotopic (exact) mass is 267 g/mol. The molecule has 0 spiro atoms. The first-order valence-electron chi connectivity index (χ1n) is 5.09. The largest absolute Gasteiger partial charge is 0.301 e. The molecule has 2 aromatic rings. The first-order chi connectivity index (χ1) is 8.20. The number of hydrogen-bond donors (Lipinski definition) is 1. The van der Waals surface area contributed by atoms with Gasteiger partial charge in [-0.3, -0.25) is 4.79 Å². The van der Waals surface area contributed by atoms with Crippen LogP contribution in [0.1, 0.15) is 13.3 Å². The standard InChI is InChI=1S/C11H10ClN3OS/c1-2-9(16)13-11-15-14-10(17-11)7-5-3-4-6-8(7)12/h3-6H,2H2,1H3,(H,13,15,16). The Balaban J connectivity index is 2.24. The quantitative estimate of drug-likeness (QED) is 0.929. The van der Waals surface area contributed by atoms with Gasteiger partial charge in [-0.15, -0.1) is 10.2 Å². The second-order valence-corrected chi connectivity index (χ2v) is 4.68. The Labute approximate surface area is 108 Å². The Bertz CT molecular complexity index is 541. The molecule has 1 heterocycles. The molecular weight excluding hydrogens is 258 g/mol. The van der Waals surface area contributed by atoms with Gasteiger partial charge in [-0.05, 0) is 6.07 Å². The van der Waals surface area contributed by atoms with E-state index >= 15 is 0 Å². The molecule has 0 atom stereocenters. The van der Waals surface area contributed by atoms with E-state index in [1.165, 1.54) is 11.3 Å². The highest BCUT2D eigenvalue weighted by Crippen LogP contribution is 2.31. The molecule has 0 fully saturated rings. The Morgan fingerprint density at radius 2 is 2.18 bits per heavy atom. The van der Waals surface area contributed by atoms with Gasteiger partial charge in [0.15, 0.2) is 5.01 Å². The minimum absolute atomic E-state index is 0.0770. The maximum absolute atomic E-state index is 11.2. The lowest BCUT2D eigenvalue weighted by Gasteiger charge is -1.97. The van der Waals surface area contributed by atoms with Crippen molar-refractivity contribution in [3.63, 3.8) is 0 Å². The number of nitrogens with one attached hydrogen (secondary N) is 1. The van der Waals surface area contributed by atoms with Gasteiger partial charge < -0.3 is 5.32 Å². The minimum Gasteiger partial charge on any atom is -0.301 e. The number of halogens is 1. The Kier molecular flexibility index (Phi) is 3.71. The SMILES string of the molecule is CCC(=O)Nc1nnc(-c2ccccc2Cl)s1. The van der Waals surface area contributed by atoms with Crippen molar-refractivity contribution >= 4 is 34.0 Å². The fourth-order valence-electron chi connectivity index (χ4n) is 1.22. The maximum Gasteiger partial charge on any atom is 0.225 e. The van der Waals surface area contributed by atoms with Crippen LogP contribution >= 0.6 is 22.9 Å². The molecule has 88 valence electrons. The Morgan fingerprint density at radius 1 is 1.41 bits per heavy atom. The van der Waals surface area contributed by atoms with Crippen molar-refractivity contribution in [2.45, 2.75) is 13.3 Å². The van der Waals surface area contributed by atoms with Crippen LogP contribution in [-0.2, 0) is 4.79 Å². The van der Waals surface area contributed by atoms with Crippen LogP contribution in [0.15, 0.2) is 24.3 Å². The van der Waals surface area contributed by atoms with Gasteiger partial charge in [0.05, 0.1) is 5.02 Å². The fourth-order valence-corrected chi connectivity index (χ4v) is 2.31.